The van der Waals surface area contributed by atoms with Gasteiger partial charge in [-0.2, -0.15) is 0 Å². The Morgan fingerprint density at radius 2 is 1.43 bits per heavy atom. The summed E-state index contributed by atoms with van der Waals surface area (Å²) in [6.07, 6.45) is 1.29. The molecule has 1 heterocycles. The predicted octanol–water partition coefficient (Wildman–Crippen LogP) is 5.43. The molecule has 0 radical (unpaired) electrons. The fraction of sp³-hybridized carbons (Fsp3) is 0.292. The Morgan fingerprint density at radius 3 is 1.97 bits per heavy atom. The van der Waals surface area contributed by atoms with Crippen LogP contribution in [0.4, 0.5) is 5.69 Å². The number of amides is 3. The molecule has 0 aliphatic carbocycles. The first-order chi connectivity index (χ1) is 17.6. The molecule has 3 amide bonds. The molecule has 13 heteroatoms. The number of fused-ring (bicyclic) bond motifs is 1. The third-order valence-corrected chi connectivity index (χ3v) is 7.03. The molecule has 0 bridgehead atoms. The number of ether oxygens (including phenoxy) is 2. The van der Waals surface area contributed by atoms with Gasteiger partial charge in [-0.25, -0.2) is 4.79 Å². The summed E-state index contributed by atoms with van der Waals surface area (Å²) in [7, 11) is 0. The van der Waals surface area contributed by atoms with Crippen molar-refractivity contribution in [1.29, 1.82) is 0 Å². The molecule has 0 spiro atoms. The van der Waals surface area contributed by atoms with Gasteiger partial charge in [0, 0.05) is 12.2 Å². The van der Waals surface area contributed by atoms with Crippen LogP contribution in [0.25, 0.3) is 0 Å². The molecule has 1 N–H and O–H groups in total. The number of hydrogen-bond acceptors (Lipinski definition) is 7. The Labute approximate surface area is 231 Å². The lowest BCUT2D eigenvalue weighted by atomic mass is 10.1. The minimum absolute atomic E-state index is 0.165. The fourth-order valence-corrected chi connectivity index (χ4v) is 4.31. The second kappa shape index (κ2) is 12.6. The van der Waals surface area contributed by atoms with Crippen molar-refractivity contribution >= 4 is 81.8 Å². The maximum Gasteiger partial charge on any atom is 0.338 e. The zero-order valence-corrected chi connectivity index (χ0v) is 22.4. The largest absolute Gasteiger partial charge is 0.462 e. The van der Waals surface area contributed by atoms with Crippen LogP contribution in [0.1, 0.15) is 57.3 Å². The van der Waals surface area contributed by atoms with Crippen LogP contribution in [0.3, 0.4) is 0 Å². The lowest BCUT2D eigenvalue weighted by Crippen LogP contribution is -2.32. The van der Waals surface area contributed by atoms with Crippen molar-refractivity contribution in [3.63, 3.8) is 0 Å². The minimum atomic E-state index is -0.829. The lowest BCUT2D eigenvalue weighted by molar-refractivity contribution is -0.147. The maximum atomic E-state index is 12.7. The average molecular weight is 590 g/mol. The van der Waals surface area contributed by atoms with Crippen LogP contribution in [0, 0.1) is 0 Å². The standard InChI is InChI=1S/C24H20Cl4N2O7/c1-2-3-10-36-24(35)12-4-6-13(7-5-12)29-14(31)11-37-15(32)8-9-30-22(33)16-17(23(30)34)19(26)21(28)20(27)18(16)25/h4-7H,2-3,8-11H2,1H3,(H,29,31). The van der Waals surface area contributed by atoms with Gasteiger partial charge in [-0.05, 0) is 30.7 Å². The molecule has 2 aromatic carbocycles. The number of hydrogen-bond donors (Lipinski definition) is 1. The van der Waals surface area contributed by atoms with Crippen molar-refractivity contribution in [2.45, 2.75) is 26.2 Å². The lowest BCUT2D eigenvalue weighted by Gasteiger charge is -2.13. The molecule has 2 aromatic rings. The Morgan fingerprint density at radius 1 is 0.865 bits per heavy atom. The molecule has 1 aliphatic rings. The van der Waals surface area contributed by atoms with Crippen LogP contribution in [-0.2, 0) is 19.1 Å². The van der Waals surface area contributed by atoms with Gasteiger partial charge in [0.15, 0.2) is 6.61 Å². The molecule has 0 aromatic heterocycles. The first-order valence-corrected chi connectivity index (χ1v) is 12.5. The van der Waals surface area contributed by atoms with Gasteiger partial charge in [-0.3, -0.25) is 24.1 Å². The highest BCUT2D eigenvalue weighted by atomic mass is 35.5. The zero-order chi connectivity index (χ0) is 27.3. The summed E-state index contributed by atoms with van der Waals surface area (Å²) < 4.78 is 10.0. The number of rotatable bonds is 10. The van der Waals surface area contributed by atoms with Crippen molar-refractivity contribution in [3.8, 4) is 0 Å². The molecule has 0 saturated heterocycles. The molecular formula is C24H20Cl4N2O7. The van der Waals surface area contributed by atoms with Crippen molar-refractivity contribution in [3.05, 3.63) is 61.0 Å². The molecule has 196 valence electrons. The molecule has 0 saturated carbocycles. The molecule has 1 aliphatic heterocycles. The number of halogens is 4. The molecule has 0 fully saturated rings. The van der Waals surface area contributed by atoms with Gasteiger partial charge in [0.05, 0.1) is 49.8 Å². The average Bonchev–Trinajstić information content (AvgIpc) is 3.13. The van der Waals surface area contributed by atoms with Crippen molar-refractivity contribution in [2.24, 2.45) is 0 Å². The second-order valence-electron chi connectivity index (χ2n) is 7.79. The summed E-state index contributed by atoms with van der Waals surface area (Å²) in [6, 6.07) is 6.01. The van der Waals surface area contributed by atoms with Crippen LogP contribution in [0.2, 0.25) is 20.1 Å². The van der Waals surface area contributed by atoms with Gasteiger partial charge in [0.1, 0.15) is 0 Å². The summed E-state index contributed by atoms with van der Waals surface area (Å²) in [5, 5.41) is 1.76. The first-order valence-electron chi connectivity index (χ1n) is 11.0. The molecule has 0 unspecified atom stereocenters. The van der Waals surface area contributed by atoms with Crippen molar-refractivity contribution in [2.75, 3.05) is 25.1 Å². The number of nitrogens with one attached hydrogen (secondary N) is 1. The number of esters is 2. The number of carbonyl (C=O) groups excluding carboxylic acids is 5. The number of nitrogens with zero attached hydrogens (tertiary/aromatic N) is 1. The molecule has 9 nitrogen and oxygen atoms in total. The van der Waals surface area contributed by atoms with Gasteiger partial charge in [0.2, 0.25) is 0 Å². The number of imide groups is 1. The fourth-order valence-electron chi connectivity index (χ4n) is 3.30. The Hall–Kier alpha value is -2.85. The van der Waals surface area contributed by atoms with Crippen LogP contribution in [-0.4, -0.2) is 54.3 Å². The highest BCUT2D eigenvalue weighted by molar-refractivity contribution is 6.55. The third kappa shape index (κ3) is 6.54. The van der Waals surface area contributed by atoms with Crippen LogP contribution < -0.4 is 5.32 Å². The summed E-state index contributed by atoms with van der Waals surface area (Å²) in [6.45, 7) is 1.36. The quantitative estimate of drug-likeness (QED) is 0.129. The summed E-state index contributed by atoms with van der Waals surface area (Å²) in [5.41, 5.74) is 0.321. The monoisotopic (exact) mass is 588 g/mol. The summed E-state index contributed by atoms with van der Waals surface area (Å²) in [4.78, 5) is 62.3. The van der Waals surface area contributed by atoms with Crippen molar-refractivity contribution in [1.82, 2.24) is 4.90 Å². The summed E-state index contributed by atoms with van der Waals surface area (Å²) >= 11 is 24.1. The number of carbonyl (C=O) groups is 5. The van der Waals surface area contributed by atoms with E-state index in [1.807, 2.05) is 6.92 Å². The van der Waals surface area contributed by atoms with E-state index in [4.69, 9.17) is 55.9 Å². The molecule has 0 atom stereocenters. The molecular weight excluding hydrogens is 570 g/mol. The van der Waals surface area contributed by atoms with E-state index in [0.717, 1.165) is 17.7 Å². The number of unbranched alkanes of at least 4 members (excludes halogenated alkanes) is 1. The first kappa shape index (κ1) is 28.7. The second-order valence-corrected chi connectivity index (χ2v) is 9.31. The maximum absolute atomic E-state index is 12.7. The minimum Gasteiger partial charge on any atom is -0.462 e. The van der Waals surface area contributed by atoms with E-state index in [1.165, 1.54) is 24.3 Å². The van der Waals surface area contributed by atoms with E-state index in [1.54, 1.807) is 0 Å². The molecule has 37 heavy (non-hydrogen) atoms. The van der Waals surface area contributed by atoms with Gasteiger partial charge >= 0.3 is 11.9 Å². The third-order valence-electron chi connectivity index (χ3n) is 5.22. The highest BCUT2D eigenvalue weighted by Gasteiger charge is 2.41. The van der Waals surface area contributed by atoms with Gasteiger partial charge in [0.25, 0.3) is 17.7 Å². The Bertz CT molecular complexity index is 1220. The predicted molar refractivity (Wildman–Crippen MR) is 138 cm³/mol. The topological polar surface area (TPSA) is 119 Å². The van der Waals surface area contributed by atoms with Crippen LogP contribution in [0.15, 0.2) is 24.3 Å². The van der Waals surface area contributed by atoms with E-state index in [2.05, 4.69) is 5.32 Å². The van der Waals surface area contributed by atoms with Crippen LogP contribution in [0.5, 0.6) is 0 Å². The SMILES string of the molecule is CCCCOC(=O)c1ccc(NC(=O)COC(=O)CCN2C(=O)c3c(Cl)c(Cl)c(Cl)c(Cl)c3C2=O)cc1. The number of benzene rings is 2. The van der Waals surface area contributed by atoms with E-state index < -0.39 is 36.3 Å². The van der Waals surface area contributed by atoms with Gasteiger partial charge < -0.3 is 14.8 Å². The van der Waals surface area contributed by atoms with Crippen LogP contribution >= 0.6 is 46.4 Å². The van der Waals surface area contributed by atoms with E-state index in [0.29, 0.717) is 17.9 Å². The van der Waals surface area contributed by atoms with E-state index in [9.17, 15) is 24.0 Å². The highest BCUT2D eigenvalue weighted by Crippen LogP contribution is 2.44. The Balaban J connectivity index is 1.48. The number of anilines is 1. The van der Waals surface area contributed by atoms with Crippen molar-refractivity contribution < 1.29 is 33.4 Å². The van der Waals surface area contributed by atoms with E-state index >= 15 is 0 Å². The smallest absolute Gasteiger partial charge is 0.338 e. The van der Waals surface area contributed by atoms with Gasteiger partial charge in [-0.15, -0.1) is 0 Å². The van der Waals surface area contributed by atoms with Gasteiger partial charge in [-0.1, -0.05) is 59.7 Å². The van der Waals surface area contributed by atoms with E-state index in [-0.39, 0.29) is 44.2 Å². The molecule has 3 rings (SSSR count). The zero-order valence-electron chi connectivity index (χ0n) is 19.4. The normalized spacial score (nSPS) is 12.4. The Kier molecular flexibility index (Phi) is 9.78. The summed E-state index contributed by atoms with van der Waals surface area (Å²) in [5.74, 6) is -3.49.